The number of benzene rings is 1. The van der Waals surface area contributed by atoms with Crippen LogP contribution in [0.4, 0.5) is 4.79 Å². The Morgan fingerprint density at radius 3 is 2.50 bits per heavy atom. The Bertz CT molecular complexity index is 513. The largest absolute Gasteiger partial charge is 0.334 e. The molecule has 2 amide bonds. The summed E-state index contributed by atoms with van der Waals surface area (Å²) in [5.74, 6) is 0. The fourth-order valence-electron chi connectivity index (χ4n) is 1.46. The van der Waals surface area contributed by atoms with Gasteiger partial charge >= 0.3 is 6.03 Å². The van der Waals surface area contributed by atoms with E-state index in [-0.39, 0.29) is 6.03 Å². The lowest BCUT2D eigenvalue weighted by Crippen LogP contribution is -2.34. The molecule has 0 spiro atoms. The standard InChI is InChI=1S/C13H13ClN2OS/c14-12-11(6-7-18-12)9-16-13(17)15-8-10-4-2-1-3-5-10/h1-7H,8-9H2,(H2,15,16,17). The highest BCUT2D eigenvalue weighted by Crippen LogP contribution is 2.22. The van der Waals surface area contributed by atoms with Gasteiger partial charge in [-0.3, -0.25) is 0 Å². The first-order chi connectivity index (χ1) is 8.75. The molecule has 0 aliphatic heterocycles. The van der Waals surface area contributed by atoms with E-state index < -0.39 is 0 Å². The highest BCUT2D eigenvalue weighted by molar-refractivity contribution is 7.14. The first kappa shape index (κ1) is 12.9. The van der Waals surface area contributed by atoms with E-state index in [1.807, 2.05) is 41.8 Å². The van der Waals surface area contributed by atoms with Gasteiger partial charge in [-0.15, -0.1) is 11.3 Å². The van der Waals surface area contributed by atoms with Crippen molar-refractivity contribution in [3.63, 3.8) is 0 Å². The van der Waals surface area contributed by atoms with Gasteiger partial charge in [-0.25, -0.2) is 4.79 Å². The summed E-state index contributed by atoms with van der Waals surface area (Å²) in [6.07, 6.45) is 0. The minimum absolute atomic E-state index is 0.193. The highest BCUT2D eigenvalue weighted by atomic mass is 35.5. The number of hydrogen-bond donors (Lipinski definition) is 2. The topological polar surface area (TPSA) is 41.1 Å². The Balaban J connectivity index is 1.75. The maximum atomic E-state index is 11.6. The second kappa shape index (κ2) is 6.42. The van der Waals surface area contributed by atoms with E-state index >= 15 is 0 Å². The van der Waals surface area contributed by atoms with Crippen LogP contribution in [0.2, 0.25) is 4.34 Å². The number of halogens is 1. The number of carbonyl (C=O) groups excluding carboxylic acids is 1. The first-order valence-corrected chi connectivity index (χ1v) is 6.79. The molecule has 0 aliphatic rings. The second-order valence-corrected chi connectivity index (χ2v) is 5.26. The van der Waals surface area contributed by atoms with Crippen LogP contribution in [0.15, 0.2) is 41.8 Å². The van der Waals surface area contributed by atoms with Crippen molar-refractivity contribution in [1.29, 1.82) is 0 Å². The molecule has 2 rings (SSSR count). The molecule has 0 aliphatic carbocycles. The molecule has 1 aromatic heterocycles. The Hall–Kier alpha value is -1.52. The van der Waals surface area contributed by atoms with Crippen LogP contribution in [0.25, 0.3) is 0 Å². The molecular weight excluding hydrogens is 268 g/mol. The summed E-state index contributed by atoms with van der Waals surface area (Å²) in [6.45, 7) is 0.965. The van der Waals surface area contributed by atoms with Gasteiger partial charge in [0.2, 0.25) is 0 Å². The number of hydrogen-bond acceptors (Lipinski definition) is 2. The number of rotatable bonds is 4. The summed E-state index contributed by atoms with van der Waals surface area (Å²) in [4.78, 5) is 11.6. The van der Waals surface area contributed by atoms with Crippen LogP contribution in [0.3, 0.4) is 0 Å². The van der Waals surface area contributed by atoms with Crippen LogP contribution in [-0.4, -0.2) is 6.03 Å². The maximum Gasteiger partial charge on any atom is 0.315 e. The molecule has 1 aromatic carbocycles. The Morgan fingerprint density at radius 1 is 1.11 bits per heavy atom. The molecule has 0 saturated heterocycles. The average Bonchev–Trinajstić information content (AvgIpc) is 2.81. The number of thiophene rings is 1. The third kappa shape index (κ3) is 3.75. The van der Waals surface area contributed by atoms with Gasteiger partial charge in [-0.05, 0) is 17.0 Å². The van der Waals surface area contributed by atoms with Crippen LogP contribution >= 0.6 is 22.9 Å². The van der Waals surface area contributed by atoms with Gasteiger partial charge in [0.05, 0.1) is 4.34 Å². The van der Waals surface area contributed by atoms with Gasteiger partial charge < -0.3 is 10.6 Å². The van der Waals surface area contributed by atoms with Crippen molar-refractivity contribution in [2.24, 2.45) is 0 Å². The number of nitrogens with one attached hydrogen (secondary N) is 2. The molecule has 0 unspecified atom stereocenters. The van der Waals surface area contributed by atoms with Crippen molar-refractivity contribution in [2.75, 3.05) is 0 Å². The molecule has 1 heterocycles. The lowest BCUT2D eigenvalue weighted by molar-refractivity contribution is 0.240. The average molecular weight is 281 g/mol. The summed E-state index contributed by atoms with van der Waals surface area (Å²) in [5.41, 5.74) is 2.01. The molecule has 5 heteroatoms. The fourth-order valence-corrected chi connectivity index (χ4v) is 2.39. The number of urea groups is 1. The molecule has 0 bridgehead atoms. The second-order valence-electron chi connectivity index (χ2n) is 3.74. The summed E-state index contributed by atoms with van der Waals surface area (Å²) in [5, 5.41) is 7.46. The van der Waals surface area contributed by atoms with Gasteiger partial charge in [-0.1, -0.05) is 41.9 Å². The van der Waals surface area contributed by atoms with Crippen molar-refractivity contribution in [3.8, 4) is 0 Å². The SMILES string of the molecule is O=C(NCc1ccccc1)NCc1ccsc1Cl. The smallest absolute Gasteiger partial charge is 0.315 e. The number of carbonyl (C=O) groups is 1. The van der Waals surface area contributed by atoms with Gasteiger partial charge in [0.1, 0.15) is 0 Å². The third-order valence-electron chi connectivity index (χ3n) is 2.43. The zero-order valence-electron chi connectivity index (χ0n) is 9.65. The van der Waals surface area contributed by atoms with E-state index in [1.54, 1.807) is 0 Å². The molecule has 3 nitrogen and oxygen atoms in total. The van der Waals surface area contributed by atoms with Crippen LogP contribution in [-0.2, 0) is 13.1 Å². The number of amides is 2. The molecule has 94 valence electrons. The zero-order chi connectivity index (χ0) is 12.8. The Labute approximate surface area is 115 Å². The summed E-state index contributed by atoms with van der Waals surface area (Å²) in [6, 6.07) is 11.5. The fraction of sp³-hybridized carbons (Fsp3) is 0.154. The van der Waals surface area contributed by atoms with E-state index in [4.69, 9.17) is 11.6 Å². The van der Waals surface area contributed by atoms with E-state index in [0.717, 1.165) is 15.5 Å². The monoisotopic (exact) mass is 280 g/mol. The predicted molar refractivity (Wildman–Crippen MR) is 74.8 cm³/mol. The van der Waals surface area contributed by atoms with Gasteiger partial charge in [0.15, 0.2) is 0 Å². The predicted octanol–water partition coefficient (Wildman–Crippen LogP) is 3.40. The normalized spacial score (nSPS) is 10.1. The molecule has 2 N–H and O–H groups in total. The minimum Gasteiger partial charge on any atom is -0.334 e. The summed E-state index contributed by atoms with van der Waals surface area (Å²) in [7, 11) is 0. The third-order valence-corrected chi connectivity index (χ3v) is 3.68. The van der Waals surface area contributed by atoms with Gasteiger partial charge in [-0.2, -0.15) is 0 Å². The van der Waals surface area contributed by atoms with Crippen LogP contribution in [0.1, 0.15) is 11.1 Å². The van der Waals surface area contributed by atoms with Crippen molar-refractivity contribution >= 4 is 29.0 Å². The minimum atomic E-state index is -0.193. The van der Waals surface area contributed by atoms with Crippen molar-refractivity contribution in [1.82, 2.24) is 10.6 Å². The van der Waals surface area contributed by atoms with Gasteiger partial charge in [0, 0.05) is 18.7 Å². The van der Waals surface area contributed by atoms with Crippen molar-refractivity contribution in [2.45, 2.75) is 13.1 Å². The molecular formula is C13H13ClN2OS. The van der Waals surface area contributed by atoms with E-state index in [0.29, 0.717) is 13.1 Å². The van der Waals surface area contributed by atoms with Crippen LogP contribution in [0, 0.1) is 0 Å². The van der Waals surface area contributed by atoms with Crippen LogP contribution in [0.5, 0.6) is 0 Å². The molecule has 18 heavy (non-hydrogen) atoms. The van der Waals surface area contributed by atoms with Gasteiger partial charge in [0.25, 0.3) is 0 Å². The quantitative estimate of drug-likeness (QED) is 0.885. The Morgan fingerprint density at radius 2 is 1.83 bits per heavy atom. The van der Waals surface area contributed by atoms with Crippen molar-refractivity contribution in [3.05, 3.63) is 57.2 Å². The maximum absolute atomic E-state index is 11.6. The lowest BCUT2D eigenvalue weighted by Gasteiger charge is -2.07. The highest BCUT2D eigenvalue weighted by Gasteiger charge is 2.04. The van der Waals surface area contributed by atoms with E-state index in [1.165, 1.54) is 11.3 Å². The first-order valence-electron chi connectivity index (χ1n) is 5.53. The molecule has 0 atom stereocenters. The van der Waals surface area contributed by atoms with Crippen molar-refractivity contribution < 1.29 is 4.79 Å². The van der Waals surface area contributed by atoms with E-state index in [2.05, 4.69) is 10.6 Å². The molecule has 2 aromatic rings. The zero-order valence-corrected chi connectivity index (χ0v) is 11.2. The van der Waals surface area contributed by atoms with E-state index in [9.17, 15) is 4.79 Å². The molecule has 0 fully saturated rings. The van der Waals surface area contributed by atoms with Crippen LogP contribution < -0.4 is 10.6 Å². The molecule has 0 saturated carbocycles. The Kier molecular flexibility index (Phi) is 4.61. The molecule has 0 radical (unpaired) electrons. The lowest BCUT2D eigenvalue weighted by atomic mass is 10.2. The summed E-state index contributed by atoms with van der Waals surface area (Å²) < 4.78 is 0.721. The summed E-state index contributed by atoms with van der Waals surface area (Å²) >= 11 is 7.40.